The lowest BCUT2D eigenvalue weighted by molar-refractivity contribution is -0.121. The third-order valence-electron chi connectivity index (χ3n) is 3.40. The standard InChI is InChI=1S/C17H21N3O4S2/c1-4-24-15-9-7-14(8-10-15)20(26(3,22)23)13(2)17(21)19-18-12-16-6-5-11-25-16/h5-13H,4H2,1-3H3,(H,19,21)/b18-12-/t13-/m0/s1. The van der Waals surface area contributed by atoms with Crippen LogP contribution in [0.2, 0.25) is 0 Å². The molecule has 140 valence electrons. The third kappa shape index (κ3) is 5.30. The van der Waals surface area contributed by atoms with Gasteiger partial charge in [0.25, 0.3) is 5.91 Å². The number of benzene rings is 1. The molecule has 7 nitrogen and oxygen atoms in total. The molecule has 0 aliphatic rings. The Morgan fingerprint density at radius 3 is 2.58 bits per heavy atom. The Hall–Kier alpha value is -2.39. The predicted molar refractivity (Wildman–Crippen MR) is 104 cm³/mol. The first kappa shape index (κ1) is 19.9. The van der Waals surface area contributed by atoms with E-state index in [0.29, 0.717) is 18.0 Å². The van der Waals surface area contributed by atoms with Crippen LogP contribution in [0, 0.1) is 0 Å². The van der Waals surface area contributed by atoms with Crippen molar-refractivity contribution in [2.45, 2.75) is 19.9 Å². The number of ether oxygens (including phenoxy) is 1. The summed E-state index contributed by atoms with van der Waals surface area (Å²) in [6.07, 6.45) is 2.57. The SMILES string of the molecule is CCOc1ccc(N([C@@H](C)C(=O)N/N=C\c2cccs2)S(C)(=O)=O)cc1. The van der Waals surface area contributed by atoms with Crippen molar-refractivity contribution in [1.29, 1.82) is 0 Å². The van der Waals surface area contributed by atoms with E-state index in [1.165, 1.54) is 24.5 Å². The molecule has 2 rings (SSSR count). The van der Waals surface area contributed by atoms with Gasteiger partial charge in [-0.2, -0.15) is 5.10 Å². The molecule has 1 N–H and O–H groups in total. The van der Waals surface area contributed by atoms with Crippen molar-refractivity contribution in [3.8, 4) is 5.75 Å². The number of thiophene rings is 1. The molecular weight excluding hydrogens is 374 g/mol. The smallest absolute Gasteiger partial charge is 0.263 e. The molecule has 0 spiro atoms. The zero-order valence-corrected chi connectivity index (χ0v) is 16.4. The van der Waals surface area contributed by atoms with Gasteiger partial charge in [0.15, 0.2) is 0 Å². The van der Waals surface area contributed by atoms with Crippen molar-refractivity contribution in [2.75, 3.05) is 17.2 Å². The maximum atomic E-state index is 12.4. The number of amides is 1. The van der Waals surface area contributed by atoms with E-state index in [-0.39, 0.29) is 0 Å². The maximum absolute atomic E-state index is 12.4. The summed E-state index contributed by atoms with van der Waals surface area (Å²) in [5, 5.41) is 5.77. The van der Waals surface area contributed by atoms with Gasteiger partial charge in [-0.15, -0.1) is 11.3 Å². The van der Waals surface area contributed by atoms with Crippen molar-refractivity contribution in [3.05, 3.63) is 46.7 Å². The van der Waals surface area contributed by atoms with Crippen molar-refractivity contribution in [3.63, 3.8) is 0 Å². The number of hydrogen-bond acceptors (Lipinski definition) is 6. The minimum atomic E-state index is -3.67. The van der Waals surface area contributed by atoms with Crippen molar-refractivity contribution < 1.29 is 17.9 Å². The average molecular weight is 396 g/mol. The van der Waals surface area contributed by atoms with Gasteiger partial charge in [0, 0.05) is 4.88 Å². The molecule has 0 fully saturated rings. The maximum Gasteiger partial charge on any atom is 0.263 e. The van der Waals surface area contributed by atoms with Crippen LogP contribution in [0.1, 0.15) is 18.7 Å². The van der Waals surface area contributed by atoms with Crippen LogP contribution >= 0.6 is 11.3 Å². The Bertz CT molecular complexity index is 847. The number of anilines is 1. The fourth-order valence-electron chi connectivity index (χ4n) is 2.28. The van der Waals surface area contributed by atoms with E-state index in [1.54, 1.807) is 24.3 Å². The highest BCUT2D eigenvalue weighted by molar-refractivity contribution is 7.92. The van der Waals surface area contributed by atoms with Gasteiger partial charge < -0.3 is 4.74 Å². The second-order valence-electron chi connectivity index (χ2n) is 5.41. The summed E-state index contributed by atoms with van der Waals surface area (Å²) in [5.74, 6) is 0.0967. The van der Waals surface area contributed by atoms with E-state index in [0.717, 1.165) is 15.4 Å². The van der Waals surface area contributed by atoms with Gasteiger partial charge in [0.05, 0.1) is 24.8 Å². The zero-order chi connectivity index (χ0) is 19.2. The molecule has 2 aromatic rings. The van der Waals surface area contributed by atoms with Crippen LogP contribution in [0.5, 0.6) is 5.75 Å². The second-order valence-corrected chi connectivity index (χ2v) is 8.25. The second kappa shape index (κ2) is 8.81. The fourth-order valence-corrected chi connectivity index (χ4v) is 4.04. The van der Waals surface area contributed by atoms with Gasteiger partial charge in [-0.3, -0.25) is 9.10 Å². The quantitative estimate of drug-likeness (QED) is 0.549. The normalized spacial score (nSPS) is 12.7. The predicted octanol–water partition coefficient (Wildman–Crippen LogP) is 2.45. The highest BCUT2D eigenvalue weighted by atomic mass is 32.2. The highest BCUT2D eigenvalue weighted by Crippen LogP contribution is 2.24. The van der Waals surface area contributed by atoms with Crippen LogP contribution in [-0.2, 0) is 14.8 Å². The number of nitrogens with one attached hydrogen (secondary N) is 1. The van der Waals surface area contributed by atoms with Crippen LogP contribution < -0.4 is 14.5 Å². The summed E-state index contributed by atoms with van der Waals surface area (Å²) in [5.41, 5.74) is 2.76. The first-order valence-electron chi connectivity index (χ1n) is 7.91. The van der Waals surface area contributed by atoms with Crippen LogP contribution in [0.4, 0.5) is 5.69 Å². The molecule has 26 heavy (non-hydrogen) atoms. The zero-order valence-electron chi connectivity index (χ0n) is 14.7. The first-order chi connectivity index (χ1) is 12.3. The van der Waals surface area contributed by atoms with Crippen molar-refractivity contribution in [1.82, 2.24) is 5.43 Å². The third-order valence-corrected chi connectivity index (χ3v) is 5.45. The van der Waals surface area contributed by atoms with Gasteiger partial charge in [0.2, 0.25) is 10.0 Å². The van der Waals surface area contributed by atoms with E-state index >= 15 is 0 Å². The molecule has 0 saturated carbocycles. The van der Waals surface area contributed by atoms with Gasteiger partial charge in [0.1, 0.15) is 11.8 Å². The molecule has 1 heterocycles. The molecule has 0 saturated heterocycles. The summed E-state index contributed by atoms with van der Waals surface area (Å²) < 4.78 is 30.9. The van der Waals surface area contributed by atoms with Gasteiger partial charge in [-0.1, -0.05) is 6.07 Å². The fraction of sp³-hybridized carbons (Fsp3) is 0.294. The largest absolute Gasteiger partial charge is 0.494 e. The number of hydrogen-bond donors (Lipinski definition) is 1. The number of rotatable bonds is 8. The molecule has 0 bridgehead atoms. The topological polar surface area (TPSA) is 88.1 Å². The Morgan fingerprint density at radius 2 is 2.04 bits per heavy atom. The van der Waals surface area contributed by atoms with Crippen LogP contribution in [0.15, 0.2) is 46.9 Å². The lowest BCUT2D eigenvalue weighted by atomic mass is 10.2. The monoisotopic (exact) mass is 395 g/mol. The first-order valence-corrected chi connectivity index (χ1v) is 10.6. The minimum absolute atomic E-state index is 0.376. The Morgan fingerprint density at radius 1 is 1.35 bits per heavy atom. The summed E-state index contributed by atoms with van der Waals surface area (Å²) >= 11 is 1.48. The van der Waals surface area contributed by atoms with E-state index in [9.17, 15) is 13.2 Å². The summed E-state index contributed by atoms with van der Waals surface area (Å²) in [4.78, 5) is 13.2. The Labute approximate surface area is 157 Å². The molecule has 1 amide bonds. The Balaban J connectivity index is 2.16. The lowest BCUT2D eigenvalue weighted by Gasteiger charge is -2.27. The molecule has 1 aromatic carbocycles. The van der Waals surface area contributed by atoms with Gasteiger partial charge >= 0.3 is 0 Å². The number of carbonyl (C=O) groups excluding carboxylic acids is 1. The molecular formula is C17H21N3O4S2. The molecule has 1 atom stereocenters. The van der Waals surface area contributed by atoms with E-state index in [1.807, 2.05) is 24.4 Å². The van der Waals surface area contributed by atoms with E-state index in [2.05, 4.69) is 10.5 Å². The van der Waals surface area contributed by atoms with Crippen molar-refractivity contribution in [2.24, 2.45) is 5.10 Å². The lowest BCUT2D eigenvalue weighted by Crippen LogP contribution is -2.46. The van der Waals surface area contributed by atoms with Gasteiger partial charge in [-0.25, -0.2) is 13.8 Å². The summed E-state index contributed by atoms with van der Waals surface area (Å²) in [7, 11) is -3.67. The van der Waals surface area contributed by atoms with Gasteiger partial charge in [-0.05, 0) is 49.6 Å². The van der Waals surface area contributed by atoms with Crippen LogP contribution in [0.25, 0.3) is 0 Å². The minimum Gasteiger partial charge on any atom is -0.494 e. The van der Waals surface area contributed by atoms with E-state index < -0.39 is 22.0 Å². The number of hydrazone groups is 1. The molecule has 0 aliphatic carbocycles. The van der Waals surface area contributed by atoms with Crippen LogP contribution in [-0.4, -0.2) is 39.4 Å². The summed E-state index contributed by atoms with van der Waals surface area (Å²) in [6.45, 7) is 3.88. The highest BCUT2D eigenvalue weighted by Gasteiger charge is 2.29. The average Bonchev–Trinajstić information content (AvgIpc) is 3.09. The number of carbonyl (C=O) groups is 1. The van der Waals surface area contributed by atoms with E-state index in [4.69, 9.17) is 4.74 Å². The Kier molecular flexibility index (Phi) is 6.76. The molecule has 1 aromatic heterocycles. The molecule has 9 heteroatoms. The van der Waals surface area contributed by atoms with Crippen LogP contribution in [0.3, 0.4) is 0 Å². The number of nitrogens with zero attached hydrogens (tertiary/aromatic N) is 2. The molecule has 0 unspecified atom stereocenters. The van der Waals surface area contributed by atoms with Crippen molar-refractivity contribution >= 4 is 39.2 Å². The molecule has 0 radical (unpaired) electrons. The summed E-state index contributed by atoms with van der Waals surface area (Å²) in [6, 6.07) is 9.28. The molecule has 0 aliphatic heterocycles. The number of sulfonamides is 1.